The molecule has 2 aromatic rings. The van der Waals surface area contributed by atoms with Crippen LogP contribution in [-0.4, -0.2) is 19.5 Å². The van der Waals surface area contributed by atoms with Crippen molar-refractivity contribution in [3.05, 3.63) is 34.6 Å². The molecule has 0 aliphatic rings. The van der Waals surface area contributed by atoms with Gasteiger partial charge in [0.15, 0.2) is 5.82 Å². The predicted octanol–water partition coefficient (Wildman–Crippen LogP) is 1.46. The zero-order valence-corrected chi connectivity index (χ0v) is 9.20. The van der Waals surface area contributed by atoms with Crippen LogP contribution in [0.4, 0.5) is 11.5 Å². The number of anilines is 1. The molecule has 0 saturated carbocycles. The van der Waals surface area contributed by atoms with Gasteiger partial charge in [-0.2, -0.15) is 0 Å². The molecule has 0 saturated heterocycles. The van der Waals surface area contributed by atoms with Crippen molar-refractivity contribution in [1.82, 2.24) is 14.5 Å². The Morgan fingerprint density at radius 2 is 2.29 bits per heavy atom. The Kier molecular flexibility index (Phi) is 2.73. The zero-order valence-electron chi connectivity index (χ0n) is 9.20. The van der Waals surface area contributed by atoms with Crippen LogP contribution in [0.25, 0.3) is 11.5 Å². The minimum absolute atomic E-state index is 0.0850. The van der Waals surface area contributed by atoms with Crippen LogP contribution in [0, 0.1) is 10.1 Å². The van der Waals surface area contributed by atoms with Crippen molar-refractivity contribution in [2.75, 3.05) is 5.73 Å². The first-order valence-electron chi connectivity index (χ1n) is 5.05. The molecule has 0 spiro atoms. The normalized spacial score (nSPS) is 10.4. The van der Waals surface area contributed by atoms with E-state index >= 15 is 0 Å². The van der Waals surface area contributed by atoms with Crippen molar-refractivity contribution < 1.29 is 4.92 Å². The summed E-state index contributed by atoms with van der Waals surface area (Å²) in [5, 5.41) is 10.7. The Labute approximate surface area is 97.1 Å². The van der Waals surface area contributed by atoms with Gasteiger partial charge in [0, 0.05) is 25.0 Å². The summed E-state index contributed by atoms with van der Waals surface area (Å²) in [7, 11) is 0. The summed E-state index contributed by atoms with van der Waals surface area (Å²) in [4.78, 5) is 18.4. The van der Waals surface area contributed by atoms with E-state index < -0.39 is 4.92 Å². The molecule has 0 amide bonds. The second-order valence-electron chi connectivity index (χ2n) is 3.43. The number of nitrogen functional groups attached to an aromatic ring is 1. The minimum atomic E-state index is -0.499. The molecule has 0 aliphatic heterocycles. The molecule has 2 N–H and O–H groups in total. The van der Waals surface area contributed by atoms with Gasteiger partial charge in [0.2, 0.25) is 0 Å². The fourth-order valence-electron chi connectivity index (χ4n) is 1.55. The minimum Gasteiger partial charge on any atom is -0.383 e. The topological polar surface area (TPSA) is 99.9 Å². The van der Waals surface area contributed by atoms with E-state index in [1.165, 1.54) is 12.1 Å². The van der Waals surface area contributed by atoms with Crippen LogP contribution >= 0.6 is 0 Å². The highest BCUT2D eigenvalue weighted by molar-refractivity contribution is 5.59. The first-order valence-corrected chi connectivity index (χ1v) is 5.05. The van der Waals surface area contributed by atoms with Gasteiger partial charge in [0.1, 0.15) is 11.5 Å². The summed E-state index contributed by atoms with van der Waals surface area (Å²) in [6, 6.07) is 2.59. The lowest BCUT2D eigenvalue weighted by Crippen LogP contribution is -2.01. The summed E-state index contributed by atoms with van der Waals surface area (Å²) < 4.78 is 1.84. The molecular formula is C10H11N5O2. The van der Waals surface area contributed by atoms with Gasteiger partial charge in [-0.1, -0.05) is 0 Å². The molecule has 7 heteroatoms. The number of pyridine rings is 1. The number of aryl methyl sites for hydroxylation is 1. The van der Waals surface area contributed by atoms with Crippen LogP contribution in [-0.2, 0) is 6.54 Å². The Bertz CT molecular complexity index is 564. The van der Waals surface area contributed by atoms with Crippen LogP contribution in [0.15, 0.2) is 24.5 Å². The zero-order chi connectivity index (χ0) is 12.4. The molecule has 2 rings (SSSR count). The monoisotopic (exact) mass is 233 g/mol. The number of rotatable bonds is 3. The van der Waals surface area contributed by atoms with Gasteiger partial charge >= 0.3 is 0 Å². The Hall–Kier alpha value is -2.44. The Balaban J connectivity index is 2.56. The van der Waals surface area contributed by atoms with Crippen LogP contribution < -0.4 is 5.73 Å². The first kappa shape index (κ1) is 11.1. The molecule has 88 valence electrons. The Morgan fingerprint density at radius 1 is 1.53 bits per heavy atom. The van der Waals surface area contributed by atoms with Gasteiger partial charge < -0.3 is 10.3 Å². The summed E-state index contributed by atoms with van der Waals surface area (Å²) in [6.45, 7) is 2.66. The van der Waals surface area contributed by atoms with Crippen molar-refractivity contribution >= 4 is 11.5 Å². The average Bonchev–Trinajstić information content (AvgIpc) is 2.76. The first-order chi connectivity index (χ1) is 8.11. The third kappa shape index (κ3) is 2.07. The van der Waals surface area contributed by atoms with E-state index in [9.17, 15) is 10.1 Å². The van der Waals surface area contributed by atoms with E-state index in [1.807, 2.05) is 11.5 Å². The fraction of sp³-hybridized carbons (Fsp3) is 0.200. The third-order valence-electron chi connectivity index (χ3n) is 2.33. The van der Waals surface area contributed by atoms with Crippen molar-refractivity contribution in [2.45, 2.75) is 13.5 Å². The highest BCUT2D eigenvalue weighted by atomic mass is 16.6. The third-order valence-corrected chi connectivity index (χ3v) is 2.33. The maximum atomic E-state index is 10.7. The maximum absolute atomic E-state index is 10.7. The number of imidazole rings is 1. The van der Waals surface area contributed by atoms with E-state index in [0.29, 0.717) is 18.1 Å². The molecule has 0 fully saturated rings. The van der Waals surface area contributed by atoms with Gasteiger partial charge in [-0.25, -0.2) is 9.97 Å². The van der Waals surface area contributed by atoms with Crippen LogP contribution in [0.2, 0.25) is 0 Å². The number of nitrogens with zero attached hydrogens (tertiary/aromatic N) is 4. The largest absolute Gasteiger partial charge is 0.383 e. The number of hydrogen-bond acceptors (Lipinski definition) is 5. The van der Waals surface area contributed by atoms with Crippen molar-refractivity contribution in [3.8, 4) is 11.5 Å². The van der Waals surface area contributed by atoms with E-state index in [-0.39, 0.29) is 11.5 Å². The van der Waals surface area contributed by atoms with Gasteiger partial charge in [0.05, 0.1) is 11.0 Å². The van der Waals surface area contributed by atoms with Gasteiger partial charge in [-0.05, 0) is 6.92 Å². The number of hydrogen-bond donors (Lipinski definition) is 1. The molecule has 2 heterocycles. The molecule has 0 bridgehead atoms. The summed E-state index contributed by atoms with van der Waals surface area (Å²) >= 11 is 0. The fourth-order valence-corrected chi connectivity index (χ4v) is 1.55. The van der Waals surface area contributed by atoms with E-state index in [1.54, 1.807) is 12.4 Å². The van der Waals surface area contributed by atoms with Crippen LogP contribution in [0.5, 0.6) is 0 Å². The predicted molar refractivity (Wildman–Crippen MR) is 62.2 cm³/mol. The van der Waals surface area contributed by atoms with Crippen molar-refractivity contribution in [3.63, 3.8) is 0 Å². The van der Waals surface area contributed by atoms with E-state index in [0.717, 1.165) is 0 Å². The van der Waals surface area contributed by atoms with Crippen molar-refractivity contribution in [1.29, 1.82) is 0 Å². The lowest BCUT2D eigenvalue weighted by Gasteiger charge is -2.04. The molecule has 0 aromatic carbocycles. The number of nitro groups is 1. The number of nitrogens with two attached hydrogens (primary N) is 1. The summed E-state index contributed by atoms with van der Waals surface area (Å²) in [5.74, 6) is 0.683. The molecule has 7 nitrogen and oxygen atoms in total. The second kappa shape index (κ2) is 4.20. The van der Waals surface area contributed by atoms with E-state index in [2.05, 4.69) is 9.97 Å². The van der Waals surface area contributed by atoms with Gasteiger partial charge in [0.25, 0.3) is 5.69 Å². The standard InChI is InChI=1S/C10H11N5O2/c1-2-14-4-3-12-10(14)8-5-7(15(16)17)6-9(11)13-8/h3-6H,2H2,1H3,(H2,11,13). The lowest BCUT2D eigenvalue weighted by atomic mass is 10.3. The Morgan fingerprint density at radius 3 is 2.94 bits per heavy atom. The molecule has 0 unspecified atom stereocenters. The van der Waals surface area contributed by atoms with Crippen molar-refractivity contribution in [2.24, 2.45) is 0 Å². The average molecular weight is 233 g/mol. The molecule has 2 aromatic heterocycles. The van der Waals surface area contributed by atoms with E-state index in [4.69, 9.17) is 5.73 Å². The maximum Gasteiger partial charge on any atom is 0.275 e. The highest BCUT2D eigenvalue weighted by Crippen LogP contribution is 2.22. The van der Waals surface area contributed by atoms with Gasteiger partial charge in [-0.15, -0.1) is 0 Å². The van der Waals surface area contributed by atoms with Crippen LogP contribution in [0.1, 0.15) is 6.92 Å². The summed E-state index contributed by atoms with van der Waals surface area (Å²) in [6.07, 6.45) is 3.40. The molecule has 0 aliphatic carbocycles. The smallest absolute Gasteiger partial charge is 0.275 e. The number of aromatic nitrogens is 3. The second-order valence-corrected chi connectivity index (χ2v) is 3.43. The lowest BCUT2D eigenvalue weighted by molar-refractivity contribution is -0.384. The SMILES string of the molecule is CCn1ccnc1-c1cc([N+](=O)[O-])cc(N)n1. The quantitative estimate of drug-likeness (QED) is 0.638. The molecule has 0 radical (unpaired) electrons. The van der Waals surface area contributed by atoms with Gasteiger partial charge in [-0.3, -0.25) is 10.1 Å². The molecule has 17 heavy (non-hydrogen) atoms. The van der Waals surface area contributed by atoms with Crippen LogP contribution in [0.3, 0.4) is 0 Å². The highest BCUT2D eigenvalue weighted by Gasteiger charge is 2.14. The molecular weight excluding hydrogens is 222 g/mol. The molecule has 0 atom stereocenters. The summed E-state index contributed by atoms with van der Waals surface area (Å²) in [5.41, 5.74) is 5.86.